The van der Waals surface area contributed by atoms with Crippen LogP contribution in [0.3, 0.4) is 0 Å². The Bertz CT molecular complexity index is 934. The van der Waals surface area contributed by atoms with Crippen LogP contribution in [0.15, 0.2) is 42.5 Å². The van der Waals surface area contributed by atoms with Gasteiger partial charge in [-0.1, -0.05) is 38.1 Å². The van der Waals surface area contributed by atoms with Gasteiger partial charge in [-0.15, -0.1) is 0 Å². The van der Waals surface area contributed by atoms with Crippen molar-refractivity contribution in [3.05, 3.63) is 79.4 Å². The number of nitrogens with zero attached hydrogens (tertiary/aromatic N) is 3. The van der Waals surface area contributed by atoms with Gasteiger partial charge in [0, 0.05) is 38.3 Å². The molecule has 0 saturated carbocycles. The highest BCUT2D eigenvalue weighted by Gasteiger charge is 2.22. The van der Waals surface area contributed by atoms with Crippen LogP contribution in [0.5, 0.6) is 0 Å². The Balaban J connectivity index is 1.60. The number of amides is 1. The number of hydrogen-bond donors (Lipinski definition) is 1. The van der Waals surface area contributed by atoms with Gasteiger partial charge in [-0.3, -0.25) is 29.9 Å². The molecule has 1 N–H and O–H groups in total. The monoisotopic (exact) mass is 426 g/mol. The maximum atomic E-state index is 12.4. The second kappa shape index (κ2) is 9.65. The number of nitro benzene ring substituents is 2. The van der Waals surface area contributed by atoms with Crippen molar-refractivity contribution in [2.75, 3.05) is 13.1 Å². The number of nitro groups is 2. The topological polar surface area (TPSA) is 119 Å². The molecule has 3 rings (SSSR count). The summed E-state index contributed by atoms with van der Waals surface area (Å²) in [7, 11) is 0. The highest BCUT2D eigenvalue weighted by atomic mass is 16.6. The molecule has 1 amide bonds. The summed E-state index contributed by atoms with van der Waals surface area (Å²) in [6.07, 6.45) is 1.27. The molecule has 1 aliphatic heterocycles. The van der Waals surface area contributed by atoms with Crippen molar-refractivity contribution < 1.29 is 14.6 Å². The second-order valence-electron chi connectivity index (χ2n) is 8.39. The fourth-order valence-corrected chi connectivity index (χ4v) is 4.16. The van der Waals surface area contributed by atoms with Crippen molar-refractivity contribution in [1.29, 1.82) is 0 Å². The summed E-state index contributed by atoms with van der Waals surface area (Å²) in [4.78, 5) is 35.3. The maximum Gasteiger partial charge on any atom is 0.277 e. The number of piperidine rings is 1. The summed E-state index contributed by atoms with van der Waals surface area (Å²) >= 11 is 0. The second-order valence-corrected chi connectivity index (χ2v) is 8.39. The fourth-order valence-electron chi connectivity index (χ4n) is 4.16. The van der Waals surface area contributed by atoms with Crippen molar-refractivity contribution in [2.24, 2.45) is 11.8 Å². The summed E-state index contributed by atoms with van der Waals surface area (Å²) in [5, 5.41) is 24.6. The van der Waals surface area contributed by atoms with Crippen LogP contribution >= 0.6 is 0 Å². The van der Waals surface area contributed by atoms with Crippen molar-refractivity contribution in [2.45, 2.75) is 33.4 Å². The van der Waals surface area contributed by atoms with Crippen molar-refractivity contribution >= 4 is 17.3 Å². The average molecular weight is 426 g/mol. The fraction of sp³-hybridized carbons (Fsp3) is 0.409. The molecule has 1 heterocycles. The Morgan fingerprint density at radius 3 is 2.00 bits per heavy atom. The van der Waals surface area contributed by atoms with E-state index in [1.165, 1.54) is 12.0 Å². The van der Waals surface area contributed by atoms with Crippen LogP contribution in [0, 0.1) is 32.1 Å². The molecule has 31 heavy (non-hydrogen) atoms. The van der Waals surface area contributed by atoms with Crippen molar-refractivity contribution in [1.82, 2.24) is 10.2 Å². The minimum Gasteiger partial charge on any atom is -0.348 e. The van der Waals surface area contributed by atoms with Gasteiger partial charge in [-0.05, 0) is 29.4 Å². The van der Waals surface area contributed by atoms with E-state index in [4.69, 9.17) is 0 Å². The number of carbonyl (C=O) groups is 1. The minimum atomic E-state index is -0.758. The first-order valence-corrected chi connectivity index (χ1v) is 10.2. The lowest BCUT2D eigenvalue weighted by Crippen LogP contribution is -2.38. The molecule has 9 heteroatoms. The van der Waals surface area contributed by atoms with Crippen LogP contribution in [0.25, 0.3) is 0 Å². The third kappa shape index (κ3) is 6.08. The van der Waals surface area contributed by atoms with E-state index in [9.17, 15) is 25.0 Å². The van der Waals surface area contributed by atoms with E-state index in [2.05, 4.69) is 24.1 Å². The van der Waals surface area contributed by atoms with Gasteiger partial charge in [0.05, 0.1) is 21.5 Å². The van der Waals surface area contributed by atoms with Gasteiger partial charge in [0.2, 0.25) is 0 Å². The van der Waals surface area contributed by atoms with E-state index < -0.39 is 27.1 Å². The van der Waals surface area contributed by atoms with Crippen LogP contribution in [0.4, 0.5) is 11.4 Å². The van der Waals surface area contributed by atoms with Crippen LogP contribution in [-0.4, -0.2) is 33.7 Å². The molecular formula is C22H26N4O5. The molecular weight excluding hydrogens is 400 g/mol. The van der Waals surface area contributed by atoms with Gasteiger partial charge in [0.15, 0.2) is 0 Å². The Morgan fingerprint density at radius 1 is 0.968 bits per heavy atom. The molecule has 1 aliphatic rings. The Kier molecular flexibility index (Phi) is 6.96. The number of likely N-dealkylation sites (tertiary alicyclic amines) is 1. The molecule has 0 aromatic heterocycles. The molecule has 2 atom stereocenters. The van der Waals surface area contributed by atoms with Gasteiger partial charge >= 0.3 is 0 Å². The summed E-state index contributed by atoms with van der Waals surface area (Å²) in [6, 6.07) is 10.8. The third-order valence-corrected chi connectivity index (χ3v) is 5.41. The van der Waals surface area contributed by atoms with Crippen LogP contribution in [-0.2, 0) is 13.1 Å². The van der Waals surface area contributed by atoms with Crippen molar-refractivity contribution in [3.63, 3.8) is 0 Å². The first-order chi connectivity index (χ1) is 14.7. The van der Waals surface area contributed by atoms with Gasteiger partial charge in [0.25, 0.3) is 17.3 Å². The number of benzene rings is 2. The zero-order chi connectivity index (χ0) is 22.5. The zero-order valence-electron chi connectivity index (χ0n) is 17.6. The molecule has 0 bridgehead atoms. The standard InChI is InChI=1S/C22H26N4O5/c1-15-7-16(2)13-24(12-15)14-18-5-3-17(4-6-18)11-23-22(27)19-8-20(25(28)29)10-21(9-19)26(30)31/h3-6,8-10,15-16H,7,11-14H2,1-2H3,(H,23,27). The summed E-state index contributed by atoms with van der Waals surface area (Å²) in [5.41, 5.74) is 0.962. The molecule has 2 unspecified atom stereocenters. The van der Waals surface area contributed by atoms with E-state index in [-0.39, 0.29) is 12.1 Å². The molecule has 9 nitrogen and oxygen atoms in total. The minimum absolute atomic E-state index is 0.120. The number of nitrogens with one attached hydrogen (secondary N) is 1. The number of rotatable bonds is 7. The Labute approximate surface area is 180 Å². The lowest BCUT2D eigenvalue weighted by molar-refractivity contribution is -0.394. The predicted octanol–water partition coefficient (Wildman–Crippen LogP) is 3.91. The van der Waals surface area contributed by atoms with Crippen LogP contribution in [0.1, 0.15) is 41.8 Å². The summed E-state index contributed by atoms with van der Waals surface area (Å²) in [5.74, 6) is 0.790. The number of non-ortho nitro benzene ring substituents is 2. The van der Waals surface area contributed by atoms with E-state index in [1.807, 2.05) is 24.3 Å². The molecule has 0 radical (unpaired) electrons. The lowest BCUT2D eigenvalue weighted by Gasteiger charge is -2.35. The van der Waals surface area contributed by atoms with Gasteiger partial charge < -0.3 is 5.32 Å². The molecule has 164 valence electrons. The normalized spacial score (nSPS) is 19.0. The molecule has 0 spiro atoms. The predicted molar refractivity (Wildman–Crippen MR) is 116 cm³/mol. The molecule has 2 aromatic rings. The van der Waals surface area contributed by atoms with E-state index in [0.717, 1.165) is 43.4 Å². The van der Waals surface area contributed by atoms with E-state index in [1.54, 1.807) is 0 Å². The van der Waals surface area contributed by atoms with Gasteiger partial charge in [0.1, 0.15) is 0 Å². The van der Waals surface area contributed by atoms with Gasteiger partial charge in [-0.2, -0.15) is 0 Å². The Morgan fingerprint density at radius 2 is 1.48 bits per heavy atom. The lowest BCUT2D eigenvalue weighted by atomic mass is 9.91. The number of hydrogen-bond acceptors (Lipinski definition) is 6. The SMILES string of the molecule is CC1CC(C)CN(Cc2ccc(CNC(=O)c3cc([N+](=O)[O-])cc([N+](=O)[O-])c3)cc2)C1. The van der Waals surface area contributed by atoms with Crippen molar-refractivity contribution in [3.8, 4) is 0 Å². The molecule has 1 fully saturated rings. The van der Waals surface area contributed by atoms with Crippen LogP contribution in [0.2, 0.25) is 0 Å². The number of carbonyl (C=O) groups excluding carboxylic acids is 1. The quantitative estimate of drug-likeness (QED) is 0.530. The first kappa shape index (κ1) is 22.4. The third-order valence-electron chi connectivity index (χ3n) is 5.41. The largest absolute Gasteiger partial charge is 0.348 e. The summed E-state index contributed by atoms with van der Waals surface area (Å²) < 4.78 is 0. The molecule has 1 saturated heterocycles. The smallest absolute Gasteiger partial charge is 0.277 e. The highest BCUT2D eigenvalue weighted by molar-refractivity contribution is 5.95. The average Bonchev–Trinajstić information content (AvgIpc) is 2.71. The zero-order valence-corrected chi connectivity index (χ0v) is 17.6. The van der Waals surface area contributed by atoms with E-state index in [0.29, 0.717) is 11.8 Å². The maximum absolute atomic E-state index is 12.4. The van der Waals surface area contributed by atoms with Crippen LogP contribution < -0.4 is 5.32 Å². The molecule has 2 aromatic carbocycles. The van der Waals surface area contributed by atoms with Gasteiger partial charge in [-0.25, -0.2) is 0 Å². The highest BCUT2D eigenvalue weighted by Crippen LogP contribution is 2.24. The molecule has 0 aliphatic carbocycles. The van der Waals surface area contributed by atoms with E-state index >= 15 is 0 Å². The first-order valence-electron chi connectivity index (χ1n) is 10.2. The summed E-state index contributed by atoms with van der Waals surface area (Å²) in [6.45, 7) is 7.86. The Hall–Kier alpha value is -3.33.